The van der Waals surface area contributed by atoms with Crippen LogP contribution < -0.4 is 0 Å². The van der Waals surface area contributed by atoms with E-state index >= 15 is 0 Å². The van der Waals surface area contributed by atoms with E-state index in [1.165, 1.54) is 6.07 Å². The van der Waals surface area contributed by atoms with Gasteiger partial charge in [-0.2, -0.15) is 0 Å². The maximum absolute atomic E-state index is 12.6. The summed E-state index contributed by atoms with van der Waals surface area (Å²) in [5.74, 6) is -0.528. The minimum absolute atomic E-state index is 0.198. The molecule has 2 nitrogen and oxygen atoms in total. The highest BCUT2D eigenvalue weighted by molar-refractivity contribution is 6.69. The lowest BCUT2D eigenvalue weighted by Gasteiger charge is -1.97. The van der Waals surface area contributed by atoms with Crippen LogP contribution in [0.15, 0.2) is 23.4 Å². The van der Waals surface area contributed by atoms with Gasteiger partial charge in [-0.3, -0.25) is 0 Å². The van der Waals surface area contributed by atoms with Gasteiger partial charge in [0.25, 0.3) is 0 Å². The van der Waals surface area contributed by atoms with Crippen molar-refractivity contribution in [2.45, 2.75) is 0 Å². The van der Waals surface area contributed by atoms with E-state index in [4.69, 9.17) is 28.4 Å². The summed E-state index contributed by atoms with van der Waals surface area (Å²) in [6.07, 6.45) is 0. The largest absolute Gasteiger partial charge is 0.410 e. The highest BCUT2D eigenvalue weighted by atomic mass is 35.5. The molecule has 0 amide bonds. The van der Waals surface area contributed by atoms with E-state index in [2.05, 4.69) is 5.16 Å². The molecule has 0 aliphatic heterocycles. The first-order valence-electron chi connectivity index (χ1n) is 2.97. The summed E-state index contributed by atoms with van der Waals surface area (Å²) in [6, 6.07) is 3.65. The Morgan fingerprint density at radius 1 is 1.42 bits per heavy atom. The second kappa shape index (κ2) is 3.74. The summed E-state index contributed by atoms with van der Waals surface area (Å²) in [5.41, 5.74) is 0.240. The van der Waals surface area contributed by atoms with Gasteiger partial charge in [-0.05, 0) is 18.2 Å². The van der Waals surface area contributed by atoms with Gasteiger partial charge in [-0.15, -0.1) is 0 Å². The number of rotatable bonds is 1. The van der Waals surface area contributed by atoms with Gasteiger partial charge in [0.1, 0.15) is 5.82 Å². The van der Waals surface area contributed by atoms with Gasteiger partial charge in [-0.25, -0.2) is 4.39 Å². The summed E-state index contributed by atoms with van der Waals surface area (Å²) < 4.78 is 12.6. The molecule has 64 valence electrons. The van der Waals surface area contributed by atoms with Crippen LogP contribution in [0.2, 0.25) is 5.02 Å². The molecule has 5 heteroatoms. The number of nitrogens with zero attached hydrogens (tertiary/aromatic N) is 1. The van der Waals surface area contributed by atoms with Crippen molar-refractivity contribution >= 4 is 28.4 Å². The number of benzene rings is 1. The third-order valence-electron chi connectivity index (χ3n) is 1.19. The monoisotopic (exact) mass is 207 g/mol. The van der Waals surface area contributed by atoms with Gasteiger partial charge in [0.2, 0.25) is 0 Å². The first-order chi connectivity index (χ1) is 5.63. The van der Waals surface area contributed by atoms with Crippen molar-refractivity contribution in [1.29, 1.82) is 0 Å². The second-order valence-electron chi connectivity index (χ2n) is 2.05. The van der Waals surface area contributed by atoms with E-state index in [1.54, 1.807) is 0 Å². The molecular formula is C7H4Cl2FNO. The summed E-state index contributed by atoms with van der Waals surface area (Å²) >= 11 is 10.9. The molecule has 0 saturated carbocycles. The third-order valence-corrected chi connectivity index (χ3v) is 1.70. The Labute approximate surface area is 78.2 Å². The fourth-order valence-electron chi connectivity index (χ4n) is 0.731. The molecule has 1 N–H and O–H groups in total. The third kappa shape index (κ3) is 2.09. The predicted molar refractivity (Wildman–Crippen MR) is 45.6 cm³/mol. The average molecular weight is 208 g/mol. The molecule has 0 aliphatic rings. The molecule has 12 heavy (non-hydrogen) atoms. The minimum atomic E-state index is -0.528. The molecule has 0 spiro atoms. The van der Waals surface area contributed by atoms with Crippen molar-refractivity contribution in [3.8, 4) is 0 Å². The molecule has 0 aromatic heterocycles. The van der Waals surface area contributed by atoms with Crippen LogP contribution in [0.25, 0.3) is 0 Å². The number of hydrogen-bond donors (Lipinski definition) is 1. The molecule has 1 aromatic carbocycles. The van der Waals surface area contributed by atoms with E-state index in [0.717, 1.165) is 12.1 Å². The van der Waals surface area contributed by atoms with Crippen LogP contribution >= 0.6 is 23.2 Å². The summed E-state index contributed by atoms with van der Waals surface area (Å²) in [6.45, 7) is 0. The van der Waals surface area contributed by atoms with Crippen LogP contribution in [0.5, 0.6) is 0 Å². The lowest BCUT2D eigenvalue weighted by atomic mass is 10.2. The van der Waals surface area contributed by atoms with Gasteiger partial charge < -0.3 is 5.21 Å². The van der Waals surface area contributed by atoms with Gasteiger partial charge in [-0.1, -0.05) is 28.4 Å². The average Bonchev–Trinajstić information content (AvgIpc) is 2.01. The Bertz CT molecular complexity index is 307. The quantitative estimate of drug-likeness (QED) is 0.429. The molecule has 0 aliphatic carbocycles. The van der Waals surface area contributed by atoms with E-state index in [9.17, 15) is 4.39 Å². The number of hydrogen-bond acceptors (Lipinski definition) is 2. The zero-order chi connectivity index (χ0) is 9.14. The van der Waals surface area contributed by atoms with Gasteiger partial charge >= 0.3 is 0 Å². The van der Waals surface area contributed by atoms with E-state index < -0.39 is 5.82 Å². The van der Waals surface area contributed by atoms with E-state index in [1.807, 2.05) is 0 Å². The first-order valence-corrected chi connectivity index (χ1v) is 3.73. The molecule has 1 rings (SSSR count). The maximum atomic E-state index is 12.6. The summed E-state index contributed by atoms with van der Waals surface area (Å²) in [7, 11) is 0. The SMILES string of the molecule is ON=C(Cl)c1cc(F)cc(Cl)c1. The molecular weight excluding hydrogens is 204 g/mol. The fourth-order valence-corrected chi connectivity index (χ4v) is 1.06. The van der Waals surface area contributed by atoms with Crippen molar-refractivity contribution < 1.29 is 9.60 Å². The van der Waals surface area contributed by atoms with Crippen LogP contribution in [0, 0.1) is 5.82 Å². The second-order valence-corrected chi connectivity index (χ2v) is 2.84. The van der Waals surface area contributed by atoms with Gasteiger partial charge in [0.15, 0.2) is 5.17 Å². The van der Waals surface area contributed by atoms with Crippen LogP contribution in [0.1, 0.15) is 5.56 Å². The van der Waals surface area contributed by atoms with Gasteiger partial charge in [0, 0.05) is 10.6 Å². The Balaban J connectivity index is 3.17. The minimum Gasteiger partial charge on any atom is -0.410 e. The fraction of sp³-hybridized carbons (Fsp3) is 0. The maximum Gasteiger partial charge on any atom is 0.175 e. The van der Waals surface area contributed by atoms with E-state index in [-0.39, 0.29) is 15.8 Å². The van der Waals surface area contributed by atoms with E-state index in [0.29, 0.717) is 0 Å². The zero-order valence-corrected chi connectivity index (χ0v) is 7.27. The Kier molecular flexibility index (Phi) is 2.89. The van der Waals surface area contributed by atoms with Crippen LogP contribution in [0.3, 0.4) is 0 Å². The smallest absolute Gasteiger partial charge is 0.175 e. The lowest BCUT2D eigenvalue weighted by molar-refractivity contribution is 0.321. The van der Waals surface area contributed by atoms with Crippen LogP contribution in [-0.2, 0) is 0 Å². The number of oxime groups is 1. The van der Waals surface area contributed by atoms with Crippen molar-refractivity contribution in [2.24, 2.45) is 5.16 Å². The van der Waals surface area contributed by atoms with Crippen LogP contribution in [0.4, 0.5) is 4.39 Å². The van der Waals surface area contributed by atoms with Crippen molar-refractivity contribution in [1.82, 2.24) is 0 Å². The van der Waals surface area contributed by atoms with Gasteiger partial charge in [0.05, 0.1) is 0 Å². The predicted octanol–water partition coefficient (Wildman–Crippen LogP) is 2.85. The normalized spacial score (nSPS) is 11.8. The summed E-state index contributed by atoms with van der Waals surface area (Å²) in [4.78, 5) is 0. The standard InChI is InChI=1S/C7H4Cl2FNO/c8-5-1-4(7(9)11-12)2-6(10)3-5/h1-3,12H. The van der Waals surface area contributed by atoms with Crippen molar-refractivity contribution in [3.05, 3.63) is 34.6 Å². The Morgan fingerprint density at radius 2 is 2.08 bits per heavy atom. The lowest BCUT2D eigenvalue weighted by Crippen LogP contribution is -1.91. The Hall–Kier alpha value is -0.800. The zero-order valence-electron chi connectivity index (χ0n) is 5.76. The first kappa shape index (κ1) is 9.29. The summed E-state index contributed by atoms with van der Waals surface area (Å²) in [5, 5.41) is 11.0. The van der Waals surface area contributed by atoms with Crippen LogP contribution in [-0.4, -0.2) is 10.4 Å². The van der Waals surface area contributed by atoms with Crippen molar-refractivity contribution in [3.63, 3.8) is 0 Å². The molecule has 0 fully saturated rings. The molecule has 1 aromatic rings. The number of halogens is 3. The molecule has 0 heterocycles. The topological polar surface area (TPSA) is 32.6 Å². The highest BCUT2D eigenvalue weighted by Gasteiger charge is 2.03. The highest BCUT2D eigenvalue weighted by Crippen LogP contribution is 2.15. The molecule has 0 unspecified atom stereocenters. The molecule has 0 atom stereocenters. The molecule has 0 radical (unpaired) electrons. The van der Waals surface area contributed by atoms with Crippen molar-refractivity contribution in [2.75, 3.05) is 0 Å². The Morgan fingerprint density at radius 3 is 2.58 bits per heavy atom. The molecule has 0 saturated heterocycles. The molecule has 0 bridgehead atoms.